The zero-order valence-corrected chi connectivity index (χ0v) is 19.3. The van der Waals surface area contributed by atoms with Crippen molar-refractivity contribution in [3.8, 4) is 11.4 Å². The summed E-state index contributed by atoms with van der Waals surface area (Å²) in [6.45, 7) is 7.33. The SMILES string of the molecule is CC(C)OP(=O)(Cc1ccc(-c2nc3ccc(Br)cc3c(=O)[nH]2)cc1)OC(C)C. The summed E-state index contributed by atoms with van der Waals surface area (Å²) in [6.07, 6.45) is -0.226. The molecule has 154 valence electrons. The normalized spacial score (nSPS) is 12.2. The number of halogens is 1. The maximum atomic E-state index is 13.1. The van der Waals surface area contributed by atoms with E-state index in [4.69, 9.17) is 9.05 Å². The maximum absolute atomic E-state index is 13.1. The number of aromatic amines is 1. The highest BCUT2D eigenvalue weighted by Crippen LogP contribution is 2.53. The first-order valence-electron chi connectivity index (χ1n) is 9.40. The lowest BCUT2D eigenvalue weighted by molar-refractivity contribution is 0.141. The summed E-state index contributed by atoms with van der Waals surface area (Å²) >= 11 is 3.37. The van der Waals surface area contributed by atoms with Gasteiger partial charge in [0, 0.05) is 10.0 Å². The molecule has 1 heterocycles. The number of fused-ring (bicyclic) bond motifs is 1. The molecule has 0 aliphatic carbocycles. The van der Waals surface area contributed by atoms with Gasteiger partial charge in [-0.1, -0.05) is 40.2 Å². The van der Waals surface area contributed by atoms with Gasteiger partial charge >= 0.3 is 7.60 Å². The minimum Gasteiger partial charge on any atom is -0.306 e. The molecule has 3 rings (SSSR count). The molecule has 29 heavy (non-hydrogen) atoms. The lowest BCUT2D eigenvalue weighted by atomic mass is 10.1. The van der Waals surface area contributed by atoms with E-state index in [1.54, 1.807) is 12.1 Å². The summed E-state index contributed by atoms with van der Waals surface area (Å²) in [5, 5.41) is 0.525. The Bertz CT molecular complexity index is 1100. The number of hydrogen-bond donors (Lipinski definition) is 1. The Kier molecular flexibility index (Phi) is 6.74. The molecular formula is C21H24BrN2O4P. The van der Waals surface area contributed by atoms with Gasteiger partial charge in [0.05, 0.1) is 29.3 Å². The van der Waals surface area contributed by atoms with Crippen LogP contribution in [0.4, 0.5) is 0 Å². The van der Waals surface area contributed by atoms with Gasteiger partial charge in [-0.2, -0.15) is 0 Å². The van der Waals surface area contributed by atoms with Crippen LogP contribution in [0.2, 0.25) is 0 Å². The number of hydrogen-bond acceptors (Lipinski definition) is 5. The number of H-pyrrole nitrogens is 1. The Balaban J connectivity index is 1.88. The molecule has 0 spiro atoms. The van der Waals surface area contributed by atoms with Gasteiger partial charge in [0.1, 0.15) is 5.82 Å². The van der Waals surface area contributed by atoms with Crippen LogP contribution in [0, 0.1) is 0 Å². The third-order valence-corrected chi connectivity index (χ3v) is 6.75. The molecule has 3 aromatic rings. The number of nitrogens with zero attached hydrogens (tertiary/aromatic N) is 1. The van der Waals surface area contributed by atoms with Crippen molar-refractivity contribution < 1.29 is 13.6 Å². The van der Waals surface area contributed by atoms with Gasteiger partial charge in [-0.05, 0) is 51.5 Å². The van der Waals surface area contributed by atoms with E-state index in [1.807, 2.05) is 58.0 Å². The van der Waals surface area contributed by atoms with E-state index < -0.39 is 7.60 Å². The highest BCUT2D eigenvalue weighted by molar-refractivity contribution is 9.10. The second kappa shape index (κ2) is 8.92. The molecule has 0 aliphatic rings. The molecule has 0 atom stereocenters. The van der Waals surface area contributed by atoms with Gasteiger partial charge in [0.2, 0.25) is 0 Å². The molecule has 1 N–H and O–H groups in total. The first-order valence-corrected chi connectivity index (χ1v) is 11.9. The molecule has 0 aliphatic heterocycles. The van der Waals surface area contributed by atoms with E-state index in [2.05, 4.69) is 25.9 Å². The quantitative estimate of drug-likeness (QED) is 0.427. The van der Waals surface area contributed by atoms with Gasteiger partial charge in [0.25, 0.3) is 5.56 Å². The van der Waals surface area contributed by atoms with Crippen molar-refractivity contribution in [1.82, 2.24) is 9.97 Å². The zero-order chi connectivity index (χ0) is 21.2. The van der Waals surface area contributed by atoms with Crippen LogP contribution < -0.4 is 5.56 Å². The average Bonchev–Trinajstić information content (AvgIpc) is 2.61. The van der Waals surface area contributed by atoms with Crippen LogP contribution in [0.5, 0.6) is 0 Å². The molecule has 0 saturated carbocycles. The Morgan fingerprint density at radius 1 is 1.03 bits per heavy atom. The molecule has 0 amide bonds. The molecule has 6 nitrogen and oxygen atoms in total. The lowest BCUT2D eigenvalue weighted by Crippen LogP contribution is -2.10. The highest BCUT2D eigenvalue weighted by Gasteiger charge is 2.28. The monoisotopic (exact) mass is 478 g/mol. The molecule has 2 aromatic carbocycles. The van der Waals surface area contributed by atoms with Gasteiger partial charge in [0.15, 0.2) is 0 Å². The van der Waals surface area contributed by atoms with Crippen molar-refractivity contribution in [3.63, 3.8) is 0 Å². The van der Waals surface area contributed by atoms with Crippen molar-refractivity contribution in [1.29, 1.82) is 0 Å². The van der Waals surface area contributed by atoms with Crippen LogP contribution in [-0.2, 0) is 19.8 Å². The third-order valence-electron chi connectivity index (χ3n) is 4.01. The number of nitrogens with one attached hydrogen (secondary N) is 1. The Hall–Kier alpha value is -1.79. The standard InChI is InChI=1S/C21H24BrN2O4P/c1-13(2)27-29(26,28-14(3)4)12-15-5-7-16(8-6-15)20-23-19-10-9-17(22)11-18(19)21(25)24-20/h5-11,13-14H,12H2,1-4H3,(H,23,24,25). The van der Waals surface area contributed by atoms with Gasteiger partial charge in [-0.3, -0.25) is 9.36 Å². The molecule has 0 unspecified atom stereocenters. The molecule has 0 bridgehead atoms. The Morgan fingerprint density at radius 2 is 1.66 bits per heavy atom. The fourth-order valence-electron chi connectivity index (χ4n) is 2.98. The highest BCUT2D eigenvalue weighted by atomic mass is 79.9. The molecule has 8 heteroatoms. The van der Waals surface area contributed by atoms with Crippen molar-refractivity contribution in [2.45, 2.75) is 46.1 Å². The van der Waals surface area contributed by atoms with Crippen LogP contribution in [0.25, 0.3) is 22.3 Å². The largest absolute Gasteiger partial charge is 0.335 e. The number of aromatic nitrogens is 2. The zero-order valence-electron chi connectivity index (χ0n) is 16.8. The number of rotatable bonds is 7. The van der Waals surface area contributed by atoms with Crippen LogP contribution in [0.1, 0.15) is 33.3 Å². The average molecular weight is 479 g/mol. The van der Waals surface area contributed by atoms with Gasteiger partial charge < -0.3 is 14.0 Å². The summed E-state index contributed by atoms with van der Waals surface area (Å²) in [5.74, 6) is 0.483. The van der Waals surface area contributed by atoms with E-state index in [1.165, 1.54) is 0 Å². The van der Waals surface area contributed by atoms with E-state index >= 15 is 0 Å². The Morgan fingerprint density at radius 3 is 2.24 bits per heavy atom. The first kappa shape index (κ1) is 21.9. The minimum absolute atomic E-state index is 0.180. The third kappa shape index (κ3) is 5.64. The number of benzene rings is 2. The summed E-state index contributed by atoms with van der Waals surface area (Å²) in [5.41, 5.74) is 2.01. The van der Waals surface area contributed by atoms with Gasteiger partial charge in [-0.25, -0.2) is 4.98 Å². The first-order chi connectivity index (χ1) is 13.6. The maximum Gasteiger partial charge on any atom is 0.335 e. The van der Waals surface area contributed by atoms with E-state index in [0.29, 0.717) is 16.7 Å². The molecule has 0 radical (unpaired) electrons. The topological polar surface area (TPSA) is 81.3 Å². The van der Waals surface area contributed by atoms with Crippen LogP contribution in [-0.4, -0.2) is 22.2 Å². The van der Waals surface area contributed by atoms with E-state index in [9.17, 15) is 9.36 Å². The molecule has 1 aromatic heterocycles. The van der Waals surface area contributed by atoms with Crippen LogP contribution >= 0.6 is 23.5 Å². The molecule has 0 saturated heterocycles. The molecule has 0 fully saturated rings. The predicted molar refractivity (Wildman–Crippen MR) is 119 cm³/mol. The fourth-order valence-corrected chi connectivity index (χ4v) is 5.48. The van der Waals surface area contributed by atoms with Gasteiger partial charge in [-0.15, -0.1) is 0 Å². The van der Waals surface area contributed by atoms with Crippen molar-refractivity contribution in [2.75, 3.05) is 0 Å². The summed E-state index contributed by atoms with van der Waals surface area (Å²) in [6, 6.07) is 12.8. The second-order valence-corrected chi connectivity index (χ2v) is 10.2. The van der Waals surface area contributed by atoms with Crippen molar-refractivity contribution in [3.05, 3.63) is 62.9 Å². The smallest absolute Gasteiger partial charge is 0.306 e. The Labute approximate surface area is 178 Å². The van der Waals surface area contributed by atoms with E-state index in [-0.39, 0.29) is 23.9 Å². The van der Waals surface area contributed by atoms with Crippen molar-refractivity contribution >= 4 is 34.4 Å². The summed E-state index contributed by atoms with van der Waals surface area (Å²) in [4.78, 5) is 19.8. The molecular weight excluding hydrogens is 455 g/mol. The van der Waals surface area contributed by atoms with E-state index in [0.717, 1.165) is 15.6 Å². The summed E-state index contributed by atoms with van der Waals surface area (Å²) < 4.78 is 25.1. The van der Waals surface area contributed by atoms with Crippen LogP contribution in [0.3, 0.4) is 0 Å². The second-order valence-electron chi connectivity index (χ2n) is 7.35. The van der Waals surface area contributed by atoms with Crippen LogP contribution in [0.15, 0.2) is 51.7 Å². The summed E-state index contributed by atoms with van der Waals surface area (Å²) in [7, 11) is -3.26. The minimum atomic E-state index is -3.26. The fraction of sp³-hybridized carbons (Fsp3) is 0.333. The van der Waals surface area contributed by atoms with Crippen molar-refractivity contribution in [2.24, 2.45) is 0 Å². The lowest BCUT2D eigenvalue weighted by Gasteiger charge is -2.23. The predicted octanol–water partition coefficient (Wildman–Crippen LogP) is 5.90.